The zero-order chi connectivity index (χ0) is 33.1. The SMILES string of the molecule is C=C(/C=C(\NC)c1ccc(F)cc1F)C1(CC(C)(C)c2ccnc(C#N)c2)CN(C2CCC(C)(O)CC2)C1.NC=O.NC=O. The van der Waals surface area contributed by atoms with Crippen molar-refractivity contribution in [2.45, 2.75) is 69.9 Å². The van der Waals surface area contributed by atoms with Crippen LogP contribution in [0.2, 0.25) is 0 Å². The van der Waals surface area contributed by atoms with Crippen molar-refractivity contribution in [1.29, 1.82) is 5.26 Å². The molecule has 9 nitrogen and oxygen atoms in total. The van der Waals surface area contributed by atoms with Gasteiger partial charge >= 0.3 is 0 Å². The number of hydrogen-bond acceptors (Lipinski definition) is 7. The van der Waals surface area contributed by atoms with Crippen molar-refractivity contribution in [3.8, 4) is 6.07 Å². The Labute approximate surface area is 258 Å². The highest BCUT2D eigenvalue weighted by molar-refractivity contribution is 5.67. The second-order valence-corrected chi connectivity index (χ2v) is 12.2. The number of allylic oxidation sites excluding steroid dienone is 1. The second kappa shape index (κ2) is 15.5. The van der Waals surface area contributed by atoms with Crippen LogP contribution in [0.15, 0.2) is 54.8 Å². The van der Waals surface area contributed by atoms with Crippen LogP contribution >= 0.6 is 0 Å². The number of carbonyl (C=O) groups excluding carboxylic acids is 2. The van der Waals surface area contributed by atoms with Gasteiger partial charge in [-0.3, -0.25) is 14.5 Å². The summed E-state index contributed by atoms with van der Waals surface area (Å²) in [5.41, 5.74) is 10.3. The van der Waals surface area contributed by atoms with E-state index in [1.54, 1.807) is 13.2 Å². The molecule has 1 aliphatic heterocycles. The van der Waals surface area contributed by atoms with E-state index in [0.29, 0.717) is 23.0 Å². The van der Waals surface area contributed by atoms with E-state index in [1.165, 1.54) is 12.1 Å². The van der Waals surface area contributed by atoms with Crippen LogP contribution < -0.4 is 16.8 Å². The van der Waals surface area contributed by atoms with Crippen molar-refractivity contribution in [3.05, 3.63) is 83.2 Å². The van der Waals surface area contributed by atoms with Gasteiger partial charge in [-0.05, 0) is 85.9 Å². The van der Waals surface area contributed by atoms with Gasteiger partial charge in [0, 0.05) is 55.1 Å². The molecule has 1 aliphatic carbocycles. The molecule has 11 heteroatoms. The number of nitrogens with one attached hydrogen (secondary N) is 1. The molecule has 2 fully saturated rings. The Kier molecular flexibility index (Phi) is 12.7. The molecular weight excluding hydrogens is 566 g/mol. The Morgan fingerprint density at radius 2 is 1.80 bits per heavy atom. The minimum atomic E-state index is -0.627. The maximum Gasteiger partial charge on any atom is 0.204 e. The summed E-state index contributed by atoms with van der Waals surface area (Å²) in [6.07, 6.45) is 8.32. The molecule has 44 heavy (non-hydrogen) atoms. The first-order valence-corrected chi connectivity index (χ1v) is 14.4. The van der Waals surface area contributed by atoms with Crippen molar-refractivity contribution in [3.63, 3.8) is 0 Å². The summed E-state index contributed by atoms with van der Waals surface area (Å²) < 4.78 is 28.2. The number of primary amides is 2. The first kappa shape index (κ1) is 36.1. The van der Waals surface area contributed by atoms with Crippen LogP contribution in [0, 0.1) is 28.4 Å². The lowest BCUT2D eigenvalue weighted by Gasteiger charge is -2.57. The minimum absolute atomic E-state index is 0.250. The number of amides is 2. The molecule has 238 valence electrons. The first-order chi connectivity index (χ1) is 20.7. The fourth-order valence-electron chi connectivity index (χ4n) is 6.19. The average Bonchev–Trinajstić information content (AvgIpc) is 2.95. The Balaban J connectivity index is 0.00000104. The van der Waals surface area contributed by atoms with Gasteiger partial charge in [-0.25, -0.2) is 13.8 Å². The summed E-state index contributed by atoms with van der Waals surface area (Å²) in [6.45, 7) is 12.3. The van der Waals surface area contributed by atoms with Crippen molar-refractivity contribution in [2.75, 3.05) is 20.1 Å². The van der Waals surface area contributed by atoms with Gasteiger partial charge in [-0.1, -0.05) is 20.4 Å². The lowest BCUT2D eigenvalue weighted by Crippen LogP contribution is -2.62. The van der Waals surface area contributed by atoms with Crippen LogP contribution in [-0.2, 0) is 15.0 Å². The van der Waals surface area contributed by atoms with Crippen LogP contribution in [0.25, 0.3) is 5.70 Å². The van der Waals surface area contributed by atoms with Crippen molar-refractivity contribution in [2.24, 2.45) is 16.9 Å². The van der Waals surface area contributed by atoms with Crippen molar-refractivity contribution < 1.29 is 23.5 Å². The number of hydrogen-bond donors (Lipinski definition) is 4. The minimum Gasteiger partial charge on any atom is -0.390 e. The summed E-state index contributed by atoms with van der Waals surface area (Å²) in [5.74, 6) is -1.24. The fourth-order valence-corrected chi connectivity index (χ4v) is 6.19. The highest BCUT2D eigenvalue weighted by atomic mass is 19.1. The van der Waals surface area contributed by atoms with E-state index < -0.39 is 17.2 Å². The fraction of sp³-hybridized carbons (Fsp3) is 0.455. The monoisotopic (exact) mass is 610 g/mol. The first-order valence-electron chi connectivity index (χ1n) is 14.4. The van der Waals surface area contributed by atoms with E-state index in [-0.39, 0.29) is 23.7 Å². The highest BCUT2D eigenvalue weighted by Gasteiger charge is 2.50. The molecule has 1 aromatic heterocycles. The summed E-state index contributed by atoms with van der Waals surface area (Å²) in [7, 11) is 1.72. The molecule has 0 bridgehead atoms. The van der Waals surface area contributed by atoms with Crippen LogP contribution in [0.1, 0.15) is 69.7 Å². The van der Waals surface area contributed by atoms with Gasteiger partial charge in [0.05, 0.1) is 5.60 Å². The standard InChI is InChI=1S/C31H38F2N4O.2CH3NO/c1-21(14-28(35-5)26-7-6-23(32)16-27(26)33)31(18-29(2,3)22-10-13-36-24(15-22)17-34)19-37(20-31)25-8-11-30(4,38)12-9-25;2*2-1-3/h6-7,10,13-16,25,35,38H,1,8-9,11-12,18-20H2,2-5H3;2*1H,(H2,2,3)/b28-14-;;. The third kappa shape index (κ3) is 9.18. The summed E-state index contributed by atoms with van der Waals surface area (Å²) >= 11 is 0. The quantitative estimate of drug-likeness (QED) is 0.261. The van der Waals surface area contributed by atoms with Gasteiger partial charge in [0.25, 0.3) is 0 Å². The van der Waals surface area contributed by atoms with Crippen LogP contribution in [0.5, 0.6) is 0 Å². The Bertz CT molecular complexity index is 1360. The summed E-state index contributed by atoms with van der Waals surface area (Å²) in [6, 6.07) is 9.94. The zero-order valence-corrected chi connectivity index (χ0v) is 25.9. The Morgan fingerprint density at radius 1 is 1.20 bits per heavy atom. The van der Waals surface area contributed by atoms with Gasteiger partial charge in [0.15, 0.2) is 0 Å². The number of carbonyl (C=O) groups is 2. The summed E-state index contributed by atoms with van der Waals surface area (Å²) in [5, 5.41) is 22.9. The lowest BCUT2D eigenvalue weighted by atomic mass is 9.62. The van der Waals surface area contributed by atoms with E-state index >= 15 is 0 Å². The molecule has 2 amide bonds. The number of benzene rings is 1. The molecule has 0 spiro atoms. The molecule has 0 radical (unpaired) electrons. The molecule has 6 N–H and O–H groups in total. The molecule has 2 aliphatic rings. The van der Waals surface area contributed by atoms with Gasteiger partial charge in [0.2, 0.25) is 12.8 Å². The maximum absolute atomic E-state index is 14.7. The smallest absolute Gasteiger partial charge is 0.204 e. The number of nitrogens with two attached hydrogens (primary N) is 2. The molecule has 1 aromatic carbocycles. The maximum atomic E-state index is 14.7. The highest BCUT2D eigenvalue weighted by Crippen LogP contribution is 2.50. The van der Waals surface area contributed by atoms with E-state index in [9.17, 15) is 19.1 Å². The molecule has 2 aromatic rings. The number of likely N-dealkylation sites (tertiary alicyclic amines) is 1. The largest absolute Gasteiger partial charge is 0.390 e. The summed E-state index contributed by atoms with van der Waals surface area (Å²) in [4.78, 5) is 23.8. The molecule has 1 saturated carbocycles. The third-order valence-electron chi connectivity index (χ3n) is 8.49. The predicted octanol–water partition coefficient (Wildman–Crippen LogP) is 3.91. The number of pyridine rings is 1. The molecule has 0 unspecified atom stereocenters. The number of nitrogens with zero attached hydrogens (tertiary/aromatic N) is 3. The topological polar surface area (TPSA) is 158 Å². The predicted molar refractivity (Wildman–Crippen MR) is 167 cm³/mol. The van der Waals surface area contributed by atoms with Crippen LogP contribution in [-0.4, -0.2) is 59.6 Å². The number of nitriles is 1. The van der Waals surface area contributed by atoms with E-state index in [4.69, 9.17) is 9.59 Å². The van der Waals surface area contributed by atoms with Crippen LogP contribution in [0.4, 0.5) is 8.78 Å². The molecule has 2 heterocycles. The van der Waals surface area contributed by atoms with Gasteiger partial charge in [0.1, 0.15) is 23.4 Å². The van der Waals surface area contributed by atoms with Gasteiger partial charge in [-0.2, -0.15) is 5.26 Å². The van der Waals surface area contributed by atoms with Crippen molar-refractivity contribution in [1.82, 2.24) is 15.2 Å². The second-order valence-electron chi connectivity index (χ2n) is 12.2. The Morgan fingerprint density at radius 3 is 2.32 bits per heavy atom. The number of aliphatic hydroxyl groups is 1. The average molecular weight is 611 g/mol. The third-order valence-corrected chi connectivity index (χ3v) is 8.49. The number of rotatable bonds is 8. The molecular formula is C33H44F2N6O3. The number of aromatic nitrogens is 1. The zero-order valence-electron chi connectivity index (χ0n) is 25.9. The van der Waals surface area contributed by atoms with E-state index in [1.807, 2.05) is 25.1 Å². The Hall–Kier alpha value is -4.14. The van der Waals surface area contributed by atoms with Crippen molar-refractivity contribution >= 4 is 18.5 Å². The lowest BCUT2D eigenvalue weighted by molar-refractivity contribution is -0.107. The number of halogens is 2. The molecule has 1 saturated heterocycles. The van der Waals surface area contributed by atoms with Gasteiger partial charge < -0.3 is 21.9 Å². The van der Waals surface area contributed by atoms with E-state index in [0.717, 1.165) is 62.4 Å². The normalized spacial score (nSPS) is 21.1. The van der Waals surface area contributed by atoms with Gasteiger partial charge in [-0.15, -0.1) is 0 Å². The van der Waals surface area contributed by atoms with Crippen LogP contribution in [0.3, 0.4) is 0 Å². The molecule has 4 rings (SSSR count). The molecule has 0 atom stereocenters. The van der Waals surface area contributed by atoms with E-state index in [2.05, 4.69) is 53.2 Å².